The van der Waals surface area contributed by atoms with E-state index in [4.69, 9.17) is 46.4 Å². The van der Waals surface area contributed by atoms with Crippen molar-refractivity contribution in [2.75, 3.05) is 19.0 Å². The highest BCUT2D eigenvalue weighted by Gasteiger charge is 2.13. The van der Waals surface area contributed by atoms with Crippen molar-refractivity contribution < 1.29 is 4.79 Å². The minimum absolute atomic E-state index is 0.0874. The van der Waals surface area contributed by atoms with Crippen LogP contribution in [0.4, 0.5) is 5.69 Å². The molecule has 0 N–H and O–H groups in total. The average Bonchev–Trinajstić information content (AvgIpc) is 2.38. The van der Waals surface area contributed by atoms with Crippen molar-refractivity contribution in [1.29, 1.82) is 0 Å². The van der Waals surface area contributed by atoms with Crippen molar-refractivity contribution >= 4 is 57.3 Å². The summed E-state index contributed by atoms with van der Waals surface area (Å²) >= 11 is 22.1. The molecule has 1 aromatic heterocycles. The minimum atomic E-state index is -0.693. The molecule has 21 heavy (non-hydrogen) atoms. The van der Waals surface area contributed by atoms with Crippen LogP contribution in [0.25, 0.3) is 0 Å². The number of hydrogen-bond acceptors (Lipinski definition) is 3. The molecule has 1 aromatic carbocycles. The maximum atomic E-state index is 10.8. The zero-order valence-corrected chi connectivity index (χ0v) is 14.3. The van der Waals surface area contributed by atoms with Crippen LogP contribution in [0.15, 0.2) is 36.7 Å². The molecule has 3 nitrogen and oxygen atoms in total. The summed E-state index contributed by atoms with van der Waals surface area (Å²) in [5.41, 5.74) is 1.27. The Morgan fingerprint density at radius 3 is 1.86 bits per heavy atom. The van der Waals surface area contributed by atoms with Gasteiger partial charge in [0.05, 0.1) is 15.6 Å². The topological polar surface area (TPSA) is 33.2 Å². The molecule has 2 aromatic rings. The Morgan fingerprint density at radius 2 is 1.52 bits per heavy atom. The Bertz CT molecular complexity index is 595. The molecule has 0 aliphatic rings. The zero-order chi connectivity index (χ0) is 16.0. The fourth-order valence-electron chi connectivity index (χ4n) is 1.37. The maximum Gasteiger partial charge on any atom is 0.255 e. The van der Waals surface area contributed by atoms with E-state index in [9.17, 15) is 4.79 Å². The van der Waals surface area contributed by atoms with Crippen LogP contribution in [0.1, 0.15) is 10.4 Å². The molecule has 0 bridgehead atoms. The highest BCUT2D eigenvalue weighted by Crippen LogP contribution is 2.29. The first-order valence-corrected chi connectivity index (χ1v) is 7.26. The molecule has 0 saturated carbocycles. The molecule has 7 heteroatoms. The second-order valence-electron chi connectivity index (χ2n) is 4.12. The van der Waals surface area contributed by atoms with Gasteiger partial charge in [-0.05, 0) is 35.9 Å². The average molecular weight is 366 g/mol. The third-order valence-electron chi connectivity index (χ3n) is 2.38. The van der Waals surface area contributed by atoms with E-state index >= 15 is 0 Å². The number of hydrogen-bond donors (Lipinski definition) is 0. The van der Waals surface area contributed by atoms with Crippen molar-refractivity contribution in [2.24, 2.45) is 0 Å². The Balaban J connectivity index is 0.000000219. The van der Waals surface area contributed by atoms with Crippen molar-refractivity contribution in [3.8, 4) is 0 Å². The SMILES string of the molecule is CN(C)c1ccncc1.O=C(Cl)c1c(Cl)cc(Cl)cc1Cl. The number of benzene rings is 1. The lowest BCUT2D eigenvalue weighted by atomic mass is 10.2. The van der Waals surface area contributed by atoms with Gasteiger partial charge in [0.1, 0.15) is 0 Å². The standard InChI is InChI=1S/C7H2Cl4O.C7H10N2/c8-3-1-4(9)6(7(11)12)5(10)2-3;1-9(2)7-3-5-8-6-4-7/h1-2H;3-6H,1-2H3. The van der Waals surface area contributed by atoms with Gasteiger partial charge in [-0.3, -0.25) is 9.78 Å². The Kier molecular flexibility index (Phi) is 7.26. The van der Waals surface area contributed by atoms with Crippen LogP contribution in [0.3, 0.4) is 0 Å². The van der Waals surface area contributed by atoms with Gasteiger partial charge < -0.3 is 4.90 Å². The zero-order valence-electron chi connectivity index (χ0n) is 11.3. The predicted octanol–water partition coefficient (Wildman–Crippen LogP) is 5.17. The summed E-state index contributed by atoms with van der Waals surface area (Å²) in [7, 11) is 4.02. The van der Waals surface area contributed by atoms with E-state index in [0.717, 1.165) is 0 Å². The van der Waals surface area contributed by atoms with Crippen molar-refractivity contribution in [1.82, 2.24) is 4.98 Å². The van der Waals surface area contributed by atoms with Crippen molar-refractivity contribution in [3.05, 3.63) is 57.3 Å². The smallest absolute Gasteiger partial charge is 0.255 e. The summed E-state index contributed by atoms with van der Waals surface area (Å²) in [6.45, 7) is 0. The van der Waals surface area contributed by atoms with Crippen LogP contribution in [0.5, 0.6) is 0 Å². The quantitative estimate of drug-likeness (QED) is 0.688. The summed E-state index contributed by atoms with van der Waals surface area (Å²) in [5.74, 6) is 0. The molecule has 0 atom stereocenters. The highest BCUT2D eigenvalue weighted by atomic mass is 35.5. The van der Waals surface area contributed by atoms with Crippen LogP contribution < -0.4 is 4.90 Å². The summed E-state index contributed by atoms with van der Waals surface area (Å²) in [6, 6.07) is 6.76. The maximum absolute atomic E-state index is 10.8. The van der Waals surface area contributed by atoms with Crippen LogP contribution >= 0.6 is 46.4 Å². The monoisotopic (exact) mass is 364 g/mol. The first-order chi connectivity index (χ1) is 9.82. The predicted molar refractivity (Wildman–Crippen MR) is 90.2 cm³/mol. The van der Waals surface area contributed by atoms with Crippen LogP contribution in [0.2, 0.25) is 15.1 Å². The number of anilines is 1. The molecule has 0 unspecified atom stereocenters. The largest absolute Gasteiger partial charge is 0.378 e. The van der Waals surface area contributed by atoms with Gasteiger partial charge in [0.2, 0.25) is 0 Å². The molecule has 0 fully saturated rings. The number of pyridine rings is 1. The second kappa shape index (κ2) is 8.44. The van der Waals surface area contributed by atoms with Gasteiger partial charge in [0.15, 0.2) is 0 Å². The van der Waals surface area contributed by atoms with Crippen LogP contribution in [-0.4, -0.2) is 24.3 Å². The van der Waals surface area contributed by atoms with E-state index in [-0.39, 0.29) is 15.6 Å². The molecule has 2 rings (SSSR count). The normalized spacial score (nSPS) is 9.62. The molecule has 0 aliphatic heterocycles. The molecule has 0 aliphatic carbocycles. The van der Waals surface area contributed by atoms with E-state index in [2.05, 4.69) is 4.98 Å². The van der Waals surface area contributed by atoms with E-state index in [0.29, 0.717) is 5.02 Å². The van der Waals surface area contributed by atoms with E-state index in [1.54, 1.807) is 12.4 Å². The number of halogens is 4. The number of carbonyl (C=O) groups is 1. The van der Waals surface area contributed by atoms with Crippen molar-refractivity contribution in [3.63, 3.8) is 0 Å². The molecular formula is C14H12Cl4N2O. The molecular weight excluding hydrogens is 354 g/mol. The fourth-order valence-corrected chi connectivity index (χ4v) is 2.66. The van der Waals surface area contributed by atoms with E-state index < -0.39 is 5.24 Å². The van der Waals surface area contributed by atoms with Crippen molar-refractivity contribution in [2.45, 2.75) is 0 Å². The van der Waals surface area contributed by atoms with E-state index in [1.165, 1.54) is 17.8 Å². The Morgan fingerprint density at radius 1 is 1.05 bits per heavy atom. The number of nitrogens with zero attached hydrogens (tertiary/aromatic N) is 2. The van der Waals surface area contributed by atoms with Crippen LogP contribution in [-0.2, 0) is 0 Å². The lowest BCUT2D eigenvalue weighted by molar-refractivity contribution is 0.108. The van der Waals surface area contributed by atoms with Gasteiger partial charge in [-0.15, -0.1) is 0 Å². The summed E-state index contributed by atoms with van der Waals surface area (Å²) in [4.78, 5) is 16.7. The van der Waals surface area contributed by atoms with Crippen LogP contribution in [0, 0.1) is 0 Å². The van der Waals surface area contributed by atoms with Gasteiger partial charge in [-0.1, -0.05) is 34.8 Å². The Labute approximate surface area is 143 Å². The molecule has 0 saturated heterocycles. The number of aromatic nitrogens is 1. The van der Waals surface area contributed by atoms with E-state index in [1.807, 2.05) is 31.1 Å². The molecule has 1 heterocycles. The first-order valence-electron chi connectivity index (χ1n) is 5.74. The third-order valence-corrected chi connectivity index (χ3v) is 3.39. The molecule has 0 spiro atoms. The lowest BCUT2D eigenvalue weighted by Crippen LogP contribution is -2.07. The van der Waals surface area contributed by atoms with Gasteiger partial charge in [0, 0.05) is 37.2 Å². The van der Waals surface area contributed by atoms with Gasteiger partial charge in [0.25, 0.3) is 5.24 Å². The van der Waals surface area contributed by atoms with Gasteiger partial charge >= 0.3 is 0 Å². The lowest BCUT2D eigenvalue weighted by Gasteiger charge is -2.10. The first kappa shape index (κ1) is 18.1. The van der Waals surface area contributed by atoms with Gasteiger partial charge in [-0.2, -0.15) is 0 Å². The molecule has 0 amide bonds. The minimum Gasteiger partial charge on any atom is -0.378 e. The molecule has 112 valence electrons. The summed E-state index contributed by atoms with van der Waals surface area (Å²) < 4.78 is 0. The summed E-state index contributed by atoms with van der Waals surface area (Å²) in [5, 5.41) is -0.00617. The molecule has 0 radical (unpaired) electrons. The second-order valence-corrected chi connectivity index (χ2v) is 5.71. The van der Waals surface area contributed by atoms with Gasteiger partial charge in [-0.25, -0.2) is 0 Å². The highest BCUT2D eigenvalue weighted by molar-refractivity contribution is 6.70. The summed E-state index contributed by atoms with van der Waals surface area (Å²) in [6.07, 6.45) is 3.57. The Hall–Kier alpha value is -1.000. The fraction of sp³-hybridized carbons (Fsp3) is 0.143. The number of rotatable bonds is 2. The number of carbonyl (C=O) groups excluding carboxylic acids is 1. The third kappa shape index (κ3) is 5.71.